The highest BCUT2D eigenvalue weighted by molar-refractivity contribution is 6.30. The molecule has 0 amide bonds. The zero-order chi connectivity index (χ0) is 31.2. The fourth-order valence-corrected chi connectivity index (χ4v) is 8.26. The Morgan fingerprint density at radius 2 is 1.82 bits per heavy atom. The molecule has 2 bridgehead atoms. The number of aliphatic carboxylic acids is 1. The first-order valence-corrected chi connectivity index (χ1v) is 15.7. The maximum atomic E-state index is 13.0. The molecule has 7 rings (SSSR count). The van der Waals surface area contributed by atoms with E-state index in [1.807, 2.05) is 6.07 Å². The number of likely N-dealkylation sites (tertiary alicyclic amines) is 1. The average molecular weight is 615 g/mol. The first kappa shape index (κ1) is 30.2. The normalized spacial score (nSPS) is 22.4. The lowest BCUT2D eigenvalue weighted by Gasteiger charge is -2.58. The van der Waals surface area contributed by atoms with Crippen LogP contribution < -0.4 is 4.74 Å². The predicted octanol–water partition coefficient (Wildman–Crippen LogP) is 7.01. The van der Waals surface area contributed by atoms with Crippen LogP contribution in [0.15, 0.2) is 60.7 Å². The van der Waals surface area contributed by atoms with Gasteiger partial charge in [-0.3, -0.25) is 14.2 Å². The van der Waals surface area contributed by atoms with E-state index >= 15 is 0 Å². The van der Waals surface area contributed by atoms with E-state index in [-0.39, 0.29) is 12.3 Å². The summed E-state index contributed by atoms with van der Waals surface area (Å²) in [5.41, 5.74) is 5.68. The van der Waals surface area contributed by atoms with E-state index < -0.39 is 5.97 Å². The highest BCUT2D eigenvalue weighted by atomic mass is 35.5. The van der Waals surface area contributed by atoms with Gasteiger partial charge in [0.1, 0.15) is 11.5 Å². The van der Waals surface area contributed by atoms with Crippen LogP contribution in [0.5, 0.6) is 11.5 Å². The lowest BCUT2D eigenvalue weighted by atomic mass is 9.52. The van der Waals surface area contributed by atoms with E-state index in [2.05, 4.69) is 24.1 Å². The van der Waals surface area contributed by atoms with Gasteiger partial charge in [0.2, 0.25) is 0 Å². The summed E-state index contributed by atoms with van der Waals surface area (Å²) >= 11 is 5.89. The van der Waals surface area contributed by atoms with E-state index in [4.69, 9.17) is 16.3 Å². The molecule has 1 aliphatic heterocycles. The molecule has 7 nitrogen and oxygen atoms in total. The van der Waals surface area contributed by atoms with Crippen LogP contribution in [-0.4, -0.2) is 58.3 Å². The fourth-order valence-electron chi connectivity index (χ4n) is 8.13. The minimum absolute atomic E-state index is 0.170. The molecule has 2 heterocycles. The van der Waals surface area contributed by atoms with E-state index in [0.717, 1.165) is 12.0 Å². The Balaban J connectivity index is 0.000000161. The van der Waals surface area contributed by atoms with Crippen LogP contribution in [0.25, 0.3) is 10.9 Å². The van der Waals surface area contributed by atoms with Gasteiger partial charge in [0, 0.05) is 33.1 Å². The SMILES string of the molecule is CN1CC[C@]23CCCC[C@H]2[C@H]1Cc1ccc(O)cc13.COc1ccc2c(c1)c(CC(=O)O)c(C)n2C(=O)c1ccc(Cl)cc1. The molecule has 3 aromatic carbocycles. The highest BCUT2D eigenvalue weighted by Crippen LogP contribution is 2.55. The Labute approximate surface area is 263 Å². The van der Waals surface area contributed by atoms with Crippen molar-refractivity contribution in [3.05, 3.63) is 93.6 Å². The average Bonchev–Trinajstić information content (AvgIpc) is 3.29. The van der Waals surface area contributed by atoms with Gasteiger partial charge in [-0.1, -0.05) is 30.5 Å². The molecule has 44 heavy (non-hydrogen) atoms. The van der Waals surface area contributed by atoms with Crippen molar-refractivity contribution in [1.82, 2.24) is 9.47 Å². The number of fused-ring (bicyclic) bond motifs is 2. The zero-order valence-corrected chi connectivity index (χ0v) is 26.2. The van der Waals surface area contributed by atoms with Crippen LogP contribution in [0.2, 0.25) is 5.02 Å². The van der Waals surface area contributed by atoms with Crippen molar-refractivity contribution >= 4 is 34.4 Å². The molecule has 230 valence electrons. The van der Waals surface area contributed by atoms with Crippen LogP contribution >= 0.6 is 11.6 Å². The molecular formula is C36H39ClN2O5. The van der Waals surface area contributed by atoms with E-state index in [0.29, 0.717) is 49.7 Å². The summed E-state index contributed by atoms with van der Waals surface area (Å²) < 4.78 is 6.77. The smallest absolute Gasteiger partial charge is 0.307 e. The second-order valence-corrected chi connectivity index (χ2v) is 13.0. The molecule has 2 fully saturated rings. The van der Waals surface area contributed by atoms with Crippen molar-refractivity contribution < 1.29 is 24.5 Å². The van der Waals surface area contributed by atoms with Crippen LogP contribution in [-0.2, 0) is 23.1 Å². The Hall–Kier alpha value is -3.81. The van der Waals surface area contributed by atoms with E-state index in [1.54, 1.807) is 56.5 Å². The molecule has 1 saturated heterocycles. The second-order valence-electron chi connectivity index (χ2n) is 12.5. The number of phenolic OH excluding ortho intramolecular Hbond substituents is 1. The summed E-state index contributed by atoms with van der Waals surface area (Å²) in [6, 6.07) is 18.7. The molecule has 0 spiro atoms. The molecule has 3 aliphatic rings. The molecule has 4 aromatic rings. The third-order valence-electron chi connectivity index (χ3n) is 10.3. The Kier molecular flexibility index (Phi) is 8.20. The van der Waals surface area contributed by atoms with Crippen molar-refractivity contribution in [2.45, 2.75) is 63.3 Å². The van der Waals surface area contributed by atoms with Gasteiger partial charge in [-0.2, -0.15) is 0 Å². The number of nitrogens with zero attached hydrogens (tertiary/aromatic N) is 2. The summed E-state index contributed by atoms with van der Waals surface area (Å²) in [7, 11) is 3.84. The van der Waals surface area contributed by atoms with Gasteiger partial charge >= 0.3 is 5.97 Å². The molecule has 0 radical (unpaired) electrons. The number of ether oxygens (including phenoxy) is 1. The van der Waals surface area contributed by atoms with Gasteiger partial charge in [-0.25, -0.2) is 0 Å². The topological polar surface area (TPSA) is 92.0 Å². The number of carbonyl (C=O) groups excluding carboxylic acids is 1. The molecule has 0 unspecified atom stereocenters. The third-order valence-corrected chi connectivity index (χ3v) is 10.5. The molecule has 3 atom stereocenters. The Morgan fingerprint density at radius 1 is 1.05 bits per heavy atom. The Morgan fingerprint density at radius 3 is 2.55 bits per heavy atom. The predicted molar refractivity (Wildman–Crippen MR) is 172 cm³/mol. The van der Waals surface area contributed by atoms with Gasteiger partial charge in [0.05, 0.1) is 19.0 Å². The van der Waals surface area contributed by atoms with Crippen LogP contribution in [0, 0.1) is 12.8 Å². The number of rotatable bonds is 4. The quantitative estimate of drug-likeness (QED) is 0.257. The number of aromatic nitrogens is 1. The highest BCUT2D eigenvalue weighted by Gasteiger charge is 2.53. The number of methoxy groups -OCH3 is 1. The van der Waals surface area contributed by atoms with Crippen molar-refractivity contribution in [3.63, 3.8) is 0 Å². The number of carboxylic acids is 1. The Bertz CT molecular complexity index is 1730. The summed E-state index contributed by atoms with van der Waals surface area (Å²) in [5.74, 6) is 0.684. The van der Waals surface area contributed by atoms with Gasteiger partial charge < -0.3 is 19.8 Å². The minimum atomic E-state index is -0.955. The number of likely N-dealkylation sites (N-methyl/N-ethyl adjacent to an activating group) is 1. The monoisotopic (exact) mass is 614 g/mol. The van der Waals surface area contributed by atoms with Crippen LogP contribution in [0.4, 0.5) is 0 Å². The number of benzene rings is 3. The molecule has 1 saturated carbocycles. The van der Waals surface area contributed by atoms with Crippen LogP contribution in [0.3, 0.4) is 0 Å². The standard InChI is InChI=1S/C19H16ClNO4.C17H23NO/c1-11-15(10-18(22)23)16-9-14(25-2)7-8-17(16)21(11)19(24)12-3-5-13(20)6-4-12;1-18-9-8-17-7-3-2-4-14(17)16(18)10-12-5-6-13(19)11-15(12)17/h3-9H,10H2,1-2H3,(H,22,23);5-6,11,14,16,19H,2-4,7-10H2,1H3/t;14-,16+,17+/m.0/s1. The van der Waals surface area contributed by atoms with E-state index in [1.165, 1.54) is 60.8 Å². The first-order valence-electron chi connectivity index (χ1n) is 15.4. The van der Waals surface area contributed by atoms with Gasteiger partial charge in [0.25, 0.3) is 5.91 Å². The lowest BCUT2D eigenvalue weighted by molar-refractivity contribution is -0.136. The zero-order valence-electron chi connectivity index (χ0n) is 25.5. The number of carboxylic acid groups (broad SMARTS) is 1. The number of aromatic hydroxyl groups is 1. The van der Waals surface area contributed by atoms with Gasteiger partial charge in [0.15, 0.2) is 0 Å². The van der Waals surface area contributed by atoms with Crippen molar-refractivity contribution in [2.75, 3.05) is 20.7 Å². The molecule has 2 aliphatic carbocycles. The van der Waals surface area contributed by atoms with E-state index in [9.17, 15) is 19.8 Å². The molecular weight excluding hydrogens is 576 g/mol. The summed E-state index contributed by atoms with van der Waals surface area (Å²) in [4.78, 5) is 26.8. The summed E-state index contributed by atoms with van der Waals surface area (Å²) in [6.07, 6.45) is 7.76. The molecule has 8 heteroatoms. The third kappa shape index (κ3) is 5.26. The number of carbonyl (C=O) groups is 2. The summed E-state index contributed by atoms with van der Waals surface area (Å²) in [6.45, 7) is 2.97. The molecule has 2 N–H and O–H groups in total. The summed E-state index contributed by atoms with van der Waals surface area (Å²) in [5, 5.41) is 20.4. The lowest BCUT2D eigenvalue weighted by Crippen LogP contribution is -2.59. The van der Waals surface area contributed by atoms with Gasteiger partial charge in [-0.05, 0) is 123 Å². The van der Waals surface area contributed by atoms with Crippen LogP contribution in [0.1, 0.15) is 64.8 Å². The second kappa shape index (κ2) is 11.9. The van der Waals surface area contributed by atoms with Crippen molar-refractivity contribution in [3.8, 4) is 11.5 Å². The fraction of sp³-hybridized carbons (Fsp3) is 0.389. The maximum Gasteiger partial charge on any atom is 0.307 e. The maximum absolute atomic E-state index is 13.0. The molecule has 1 aromatic heterocycles. The van der Waals surface area contributed by atoms with Crippen molar-refractivity contribution in [2.24, 2.45) is 5.92 Å². The van der Waals surface area contributed by atoms with Crippen molar-refractivity contribution in [1.29, 1.82) is 0 Å². The first-order chi connectivity index (χ1) is 21.1. The number of halogens is 1. The largest absolute Gasteiger partial charge is 0.508 e. The minimum Gasteiger partial charge on any atom is -0.508 e. The number of piperidine rings is 1. The number of phenols is 1. The number of hydrogen-bond donors (Lipinski definition) is 2. The number of hydrogen-bond acceptors (Lipinski definition) is 5. The van der Waals surface area contributed by atoms with Gasteiger partial charge in [-0.15, -0.1) is 0 Å².